The Balaban J connectivity index is 1.63. The second-order valence-corrected chi connectivity index (χ2v) is 8.96. The van der Waals surface area contributed by atoms with Gasteiger partial charge in [-0.2, -0.15) is 5.10 Å². The van der Waals surface area contributed by atoms with E-state index in [-0.39, 0.29) is 11.3 Å². The van der Waals surface area contributed by atoms with Crippen molar-refractivity contribution in [3.05, 3.63) is 64.1 Å². The number of hydrogen-bond acceptors (Lipinski definition) is 6. The Kier molecular flexibility index (Phi) is 4.87. The van der Waals surface area contributed by atoms with E-state index >= 15 is 0 Å². The molecule has 7 nitrogen and oxygen atoms in total. The highest BCUT2D eigenvalue weighted by Gasteiger charge is 2.19. The van der Waals surface area contributed by atoms with Crippen molar-refractivity contribution in [1.82, 2.24) is 24.7 Å². The van der Waals surface area contributed by atoms with Gasteiger partial charge in [0.25, 0.3) is 5.91 Å². The third-order valence-electron chi connectivity index (χ3n) is 4.45. The Bertz CT molecular complexity index is 1160. The Hall–Kier alpha value is -3.13. The molecule has 0 unspecified atom stereocenters. The lowest BCUT2D eigenvalue weighted by Crippen LogP contribution is -2.17. The number of amides is 1. The van der Waals surface area contributed by atoms with Crippen LogP contribution >= 0.6 is 11.3 Å². The van der Waals surface area contributed by atoms with Gasteiger partial charge in [0, 0.05) is 16.0 Å². The molecule has 8 heteroatoms. The minimum Gasteiger partial charge on any atom is -0.319 e. The number of nitrogens with one attached hydrogen (secondary N) is 1. The van der Waals surface area contributed by atoms with Crippen LogP contribution in [-0.2, 0) is 12.0 Å². The van der Waals surface area contributed by atoms with Crippen LogP contribution in [0.25, 0.3) is 11.0 Å². The molecule has 0 saturated heterocycles. The molecule has 4 heterocycles. The lowest BCUT2D eigenvalue weighted by atomic mass is 9.96. The fourth-order valence-corrected chi connectivity index (χ4v) is 3.69. The first-order valence-electron chi connectivity index (χ1n) is 9.31. The van der Waals surface area contributed by atoms with E-state index in [0.29, 0.717) is 23.4 Å². The summed E-state index contributed by atoms with van der Waals surface area (Å²) in [5, 5.41) is 10.1. The van der Waals surface area contributed by atoms with E-state index in [2.05, 4.69) is 31.4 Å². The van der Waals surface area contributed by atoms with E-state index in [1.54, 1.807) is 36.0 Å². The number of aryl methyl sites for hydroxylation is 1. The van der Waals surface area contributed by atoms with Crippen molar-refractivity contribution in [3.63, 3.8) is 0 Å². The minimum atomic E-state index is -0.233. The second-order valence-electron chi connectivity index (χ2n) is 7.93. The summed E-state index contributed by atoms with van der Waals surface area (Å²) in [5.74, 6) is 0.496. The smallest absolute Gasteiger partial charge is 0.256 e. The summed E-state index contributed by atoms with van der Waals surface area (Å²) in [7, 11) is 0. The Labute approximate surface area is 172 Å². The number of rotatable bonds is 4. The Morgan fingerprint density at radius 1 is 1.21 bits per heavy atom. The van der Waals surface area contributed by atoms with Crippen LogP contribution < -0.4 is 5.32 Å². The quantitative estimate of drug-likeness (QED) is 0.549. The first-order chi connectivity index (χ1) is 13.8. The number of fused-ring (bicyclic) bond motifs is 1. The van der Waals surface area contributed by atoms with Crippen LogP contribution in [0.4, 0.5) is 5.69 Å². The monoisotopic (exact) mass is 406 g/mol. The molecule has 0 spiro atoms. The summed E-state index contributed by atoms with van der Waals surface area (Å²) < 4.78 is 1.83. The summed E-state index contributed by atoms with van der Waals surface area (Å²) in [6.45, 7) is 8.64. The number of thiophene rings is 1. The molecule has 0 saturated carbocycles. The molecule has 1 amide bonds. The molecule has 0 bridgehead atoms. The van der Waals surface area contributed by atoms with Gasteiger partial charge in [0.15, 0.2) is 5.65 Å². The van der Waals surface area contributed by atoms with E-state index in [9.17, 15) is 4.79 Å². The third-order valence-corrected chi connectivity index (χ3v) is 5.31. The molecule has 0 aromatic carbocycles. The van der Waals surface area contributed by atoms with Gasteiger partial charge in [-0.1, -0.05) is 26.8 Å². The first-order valence-corrected chi connectivity index (χ1v) is 10.2. The maximum Gasteiger partial charge on any atom is 0.256 e. The molecule has 0 fully saturated rings. The molecule has 148 valence electrons. The molecule has 29 heavy (non-hydrogen) atoms. The van der Waals surface area contributed by atoms with Crippen molar-refractivity contribution in [3.8, 4) is 0 Å². The SMILES string of the molecule is Cc1cc(C(=O)Nc2cnc(C(C)(C)C)nc2)c2cnn(Cc3cccs3)c2n1. The standard InChI is InChI=1S/C21H22N6OS/c1-13-8-16(19(28)26-14-9-22-20(23-10-14)21(2,3)4)17-11-24-27(18(17)25-13)12-15-6-5-7-29-15/h5-11H,12H2,1-4H3,(H,26,28). The molecule has 0 atom stereocenters. The van der Waals surface area contributed by atoms with E-state index in [1.807, 2.05) is 43.8 Å². The molecule has 4 rings (SSSR count). The number of hydrogen-bond donors (Lipinski definition) is 1. The number of nitrogens with zero attached hydrogens (tertiary/aromatic N) is 5. The van der Waals surface area contributed by atoms with Gasteiger partial charge in [0.05, 0.1) is 41.8 Å². The molecular formula is C21H22N6OS. The summed E-state index contributed by atoms with van der Waals surface area (Å²) in [5.41, 5.74) is 2.40. The van der Waals surface area contributed by atoms with Crippen molar-refractivity contribution in [2.24, 2.45) is 0 Å². The maximum atomic E-state index is 13.0. The Morgan fingerprint density at radius 2 is 1.97 bits per heavy atom. The highest BCUT2D eigenvalue weighted by molar-refractivity contribution is 7.09. The van der Waals surface area contributed by atoms with E-state index < -0.39 is 0 Å². The van der Waals surface area contributed by atoms with Crippen molar-refractivity contribution in [2.45, 2.75) is 39.7 Å². The number of pyridine rings is 1. The minimum absolute atomic E-state index is 0.145. The van der Waals surface area contributed by atoms with Crippen LogP contribution in [0.3, 0.4) is 0 Å². The van der Waals surface area contributed by atoms with Gasteiger partial charge in [-0.05, 0) is 24.4 Å². The summed E-state index contributed by atoms with van der Waals surface area (Å²) in [6.07, 6.45) is 4.97. The van der Waals surface area contributed by atoms with E-state index in [1.165, 1.54) is 4.88 Å². The number of carbonyl (C=O) groups is 1. The maximum absolute atomic E-state index is 13.0. The lowest BCUT2D eigenvalue weighted by molar-refractivity contribution is 0.102. The lowest BCUT2D eigenvalue weighted by Gasteiger charge is -2.16. The molecule has 1 N–H and O–H groups in total. The predicted molar refractivity (Wildman–Crippen MR) is 114 cm³/mol. The van der Waals surface area contributed by atoms with Gasteiger partial charge >= 0.3 is 0 Å². The van der Waals surface area contributed by atoms with Gasteiger partial charge in [0.2, 0.25) is 0 Å². The zero-order valence-electron chi connectivity index (χ0n) is 16.8. The van der Waals surface area contributed by atoms with Gasteiger partial charge in [-0.15, -0.1) is 11.3 Å². The average Bonchev–Trinajstić information content (AvgIpc) is 3.31. The topological polar surface area (TPSA) is 85.6 Å². The van der Waals surface area contributed by atoms with Crippen LogP contribution in [0.15, 0.2) is 42.2 Å². The largest absolute Gasteiger partial charge is 0.319 e. The molecular weight excluding hydrogens is 384 g/mol. The summed E-state index contributed by atoms with van der Waals surface area (Å²) >= 11 is 1.67. The van der Waals surface area contributed by atoms with E-state index in [4.69, 9.17) is 0 Å². The van der Waals surface area contributed by atoms with Crippen molar-refractivity contribution >= 4 is 34.0 Å². The number of aromatic nitrogens is 5. The molecule has 0 aliphatic carbocycles. The molecule has 4 aromatic heterocycles. The van der Waals surface area contributed by atoms with Crippen molar-refractivity contribution in [1.29, 1.82) is 0 Å². The zero-order valence-corrected chi connectivity index (χ0v) is 17.6. The van der Waals surface area contributed by atoms with Crippen LogP contribution in [0, 0.1) is 6.92 Å². The van der Waals surface area contributed by atoms with Crippen LogP contribution in [-0.4, -0.2) is 30.6 Å². The highest BCUT2D eigenvalue weighted by atomic mass is 32.1. The van der Waals surface area contributed by atoms with Gasteiger partial charge in [-0.3, -0.25) is 4.79 Å². The Morgan fingerprint density at radius 3 is 2.62 bits per heavy atom. The summed E-state index contributed by atoms with van der Waals surface area (Å²) in [6, 6.07) is 5.85. The normalized spacial score (nSPS) is 11.7. The van der Waals surface area contributed by atoms with Crippen molar-refractivity contribution in [2.75, 3.05) is 5.32 Å². The summed E-state index contributed by atoms with van der Waals surface area (Å²) in [4.78, 5) is 27.5. The van der Waals surface area contributed by atoms with Crippen LogP contribution in [0.1, 0.15) is 47.5 Å². The zero-order chi connectivity index (χ0) is 20.6. The second kappa shape index (κ2) is 7.36. The van der Waals surface area contributed by atoms with Crippen LogP contribution in [0.5, 0.6) is 0 Å². The van der Waals surface area contributed by atoms with Gasteiger partial charge in [0.1, 0.15) is 5.82 Å². The first kappa shape index (κ1) is 19.2. The molecule has 0 aliphatic heterocycles. The highest BCUT2D eigenvalue weighted by Crippen LogP contribution is 2.22. The van der Waals surface area contributed by atoms with Crippen LogP contribution in [0.2, 0.25) is 0 Å². The molecule has 0 radical (unpaired) electrons. The van der Waals surface area contributed by atoms with Crippen molar-refractivity contribution < 1.29 is 4.79 Å². The molecule has 4 aromatic rings. The fraction of sp³-hybridized carbons (Fsp3) is 0.286. The van der Waals surface area contributed by atoms with E-state index in [0.717, 1.165) is 16.9 Å². The van der Waals surface area contributed by atoms with Gasteiger partial charge < -0.3 is 5.32 Å². The number of anilines is 1. The predicted octanol–water partition coefficient (Wildman–Crippen LogP) is 4.19. The average molecular weight is 407 g/mol. The molecule has 0 aliphatic rings. The third kappa shape index (κ3) is 4.02. The van der Waals surface area contributed by atoms with Gasteiger partial charge in [-0.25, -0.2) is 19.6 Å². The fourth-order valence-electron chi connectivity index (χ4n) is 3.00. The number of carbonyl (C=O) groups excluding carboxylic acids is 1.